The Kier molecular flexibility index (Phi) is 19.0. The van der Waals surface area contributed by atoms with Crippen LogP contribution in [0, 0.1) is 11.3 Å². The van der Waals surface area contributed by atoms with Crippen LogP contribution in [0.1, 0.15) is 33.3 Å². The molecule has 0 N–H and O–H groups in total. The Balaban J connectivity index is 0.000000104. The van der Waals surface area contributed by atoms with Gasteiger partial charge in [0.25, 0.3) is 0 Å². The van der Waals surface area contributed by atoms with Gasteiger partial charge in [-0.25, -0.2) is 0 Å². The molecule has 7 nitrogen and oxygen atoms in total. The molecule has 0 aliphatic carbocycles. The molecule has 11 heteroatoms. The summed E-state index contributed by atoms with van der Waals surface area (Å²) in [5, 5.41) is 41.3. The lowest BCUT2D eigenvalue weighted by molar-refractivity contribution is 0.00578. The van der Waals surface area contributed by atoms with Crippen molar-refractivity contribution in [3.63, 3.8) is 0 Å². The number of hydrogen-bond acceptors (Lipinski definition) is 7. The zero-order chi connectivity index (χ0) is 81.8. The van der Waals surface area contributed by atoms with Gasteiger partial charge < -0.3 is 14.0 Å². The van der Waals surface area contributed by atoms with Crippen molar-refractivity contribution in [2.45, 2.75) is 38.9 Å². The van der Waals surface area contributed by atoms with E-state index in [4.69, 9.17) is 14.0 Å². The molecule has 0 atom stereocenters. The first-order chi connectivity index (χ1) is 59.2. The summed E-state index contributed by atoms with van der Waals surface area (Å²) in [6, 6.07) is 118. The van der Waals surface area contributed by atoms with Gasteiger partial charge in [-0.05, 0) is 281 Å². The first-order valence-corrected chi connectivity index (χ1v) is 42.9. The van der Waals surface area contributed by atoms with Crippen LogP contribution in [-0.2, 0) is 9.31 Å². The maximum Gasteiger partial charge on any atom is 0.495 e. The summed E-state index contributed by atoms with van der Waals surface area (Å²) < 4.78 is 22.9. The minimum Gasteiger partial charge on any atom is -0.456 e. The maximum atomic E-state index is 9.67. The van der Waals surface area contributed by atoms with E-state index in [-0.39, 0.29) is 11.2 Å². The first-order valence-electron chi connectivity index (χ1n) is 40.5. The number of nitriles is 1. The average molecular weight is 1750 g/mol. The van der Waals surface area contributed by atoms with E-state index in [0.29, 0.717) is 5.56 Å². The van der Waals surface area contributed by atoms with Crippen molar-refractivity contribution >= 4 is 200 Å². The van der Waals surface area contributed by atoms with Crippen LogP contribution in [0.3, 0.4) is 0 Å². The highest BCUT2D eigenvalue weighted by Crippen LogP contribution is 2.51. The molecule has 1 saturated heterocycles. The molecular formula is C110H72BBr3N4O3. The molecule has 2 aliphatic heterocycles. The Hall–Kier alpha value is -13.3. The molecule has 24 rings (SSSR count). The molecule has 3 aromatic heterocycles. The average Bonchev–Trinajstić information content (AvgIpc) is 1.60. The second-order valence-electron chi connectivity index (χ2n) is 32.1. The smallest absolute Gasteiger partial charge is 0.456 e. The topological polar surface area (TPSA) is 90.2 Å². The fourth-order valence-corrected chi connectivity index (χ4v) is 20.0. The van der Waals surface area contributed by atoms with Crippen LogP contribution in [-0.4, -0.2) is 33.3 Å². The van der Waals surface area contributed by atoms with Gasteiger partial charge in [-0.3, -0.25) is 15.0 Å². The Labute approximate surface area is 724 Å². The molecule has 22 aromatic rings. The van der Waals surface area contributed by atoms with Crippen LogP contribution in [0.25, 0.3) is 196 Å². The van der Waals surface area contributed by atoms with E-state index in [0.717, 1.165) is 85.5 Å². The summed E-state index contributed by atoms with van der Waals surface area (Å²) in [5.74, 6) is 1.61. The molecule has 0 saturated carbocycles. The van der Waals surface area contributed by atoms with Gasteiger partial charge in [-0.1, -0.05) is 290 Å². The van der Waals surface area contributed by atoms with Crippen LogP contribution in [0.2, 0.25) is 0 Å². The third-order valence-electron chi connectivity index (χ3n) is 24.8. The van der Waals surface area contributed by atoms with Crippen molar-refractivity contribution in [1.29, 1.82) is 5.26 Å². The molecule has 1 fully saturated rings. The summed E-state index contributed by atoms with van der Waals surface area (Å²) in [6.45, 7) is 8.41. The van der Waals surface area contributed by atoms with Crippen molar-refractivity contribution in [1.82, 2.24) is 15.0 Å². The van der Waals surface area contributed by atoms with Gasteiger partial charge in [0.2, 0.25) is 0 Å². The lowest BCUT2D eigenvalue weighted by atomic mass is 9.74. The van der Waals surface area contributed by atoms with Gasteiger partial charge >= 0.3 is 7.12 Å². The van der Waals surface area contributed by atoms with Crippen LogP contribution >= 0.6 is 47.8 Å². The molecule has 0 radical (unpaired) electrons. The molecule has 0 spiro atoms. The molecule has 5 heterocycles. The van der Waals surface area contributed by atoms with Gasteiger partial charge in [0.15, 0.2) is 0 Å². The standard InChI is InChI=1S/C40H22N2O.C29H26BNO2.C23H14BrN.C18H10Br2/c41-22-25-15-17-33-32-16-14-24(19-39(32)43-38-13-5-12-27(25)40(33)38)34-20-36-31-11-4-2-9-29(31)35(26-7-6-18-42-23-26)21-37(36)30-10-3-1-8-28(30)34;1-28(2)29(3,4)33-30(32-28)27-17-26-21-12-6-5-11-20(21)24(19-10-9-15-31-18-19)16-25(26)22-13-7-8-14-23(22)27;24-23-13-22-17-8-2-1-7-16(17)20(15-6-5-11-25-14-15)12-21(22)18-9-3-4-10-19(18)23;19-17-10-16-12-6-2-4-8-14(12)18(20)9-15(16)11-5-1-3-7-13(11)17/h1-21,23H;5-18H,1-4H3;1-14H;1-10H. The number of ether oxygens (including phenoxy) is 1. The number of fused-ring (bicyclic) bond motifs is 22. The third-order valence-corrected chi connectivity index (χ3v) is 26.7. The van der Waals surface area contributed by atoms with E-state index in [2.05, 4.69) is 376 Å². The minimum atomic E-state index is -0.416. The highest BCUT2D eigenvalue weighted by atomic mass is 79.9. The quantitative estimate of drug-likeness (QED) is 0.125. The molecule has 574 valence electrons. The van der Waals surface area contributed by atoms with Gasteiger partial charge in [-0.15, -0.1) is 0 Å². The van der Waals surface area contributed by atoms with Crippen molar-refractivity contribution in [2.24, 2.45) is 0 Å². The fourth-order valence-electron chi connectivity index (χ4n) is 18.3. The number of rotatable bonds is 5. The summed E-state index contributed by atoms with van der Waals surface area (Å²) in [5.41, 5.74) is 12.3. The van der Waals surface area contributed by atoms with Crippen LogP contribution in [0.15, 0.2) is 378 Å². The SMILES string of the molecule is Brc1cc2c3ccccc3c(-c3cccnc3)cc2c2ccccc12.Brc1cc2c3ccccc3c(Br)cc2c2ccccc12.CC1(C)OB(c2cc3c4ccccc4c(-c4cccnc4)cc3c3ccccc23)OC1(C)C.N#Cc1ccc2c3c(cccc13)Oc1cc(-c3cc4c5ccccc5c(-c5cccnc5)cc4c4ccccc34)ccc1-2. The zero-order valence-corrected chi connectivity index (χ0v) is 71.1. The van der Waals surface area contributed by atoms with Crippen molar-refractivity contribution in [3.8, 4) is 73.2 Å². The number of benzene rings is 19. The van der Waals surface area contributed by atoms with Gasteiger partial charge in [0.1, 0.15) is 11.5 Å². The van der Waals surface area contributed by atoms with Crippen LogP contribution < -0.4 is 10.2 Å². The Bertz CT molecular complexity index is 7980. The number of pyridine rings is 3. The third kappa shape index (κ3) is 13.0. The Morgan fingerprint density at radius 2 is 0.579 bits per heavy atom. The van der Waals surface area contributed by atoms with Gasteiger partial charge in [0, 0.05) is 83.6 Å². The summed E-state index contributed by atoms with van der Waals surface area (Å²) >= 11 is 11.2. The monoisotopic (exact) mass is 1740 g/mol. The number of halogens is 3. The lowest BCUT2D eigenvalue weighted by Crippen LogP contribution is -2.41. The molecule has 0 amide bonds. The van der Waals surface area contributed by atoms with E-state index in [1.165, 1.54) is 141 Å². The minimum absolute atomic E-state index is 0.389. The summed E-state index contributed by atoms with van der Waals surface area (Å²) in [7, 11) is -0.416. The number of hydrogen-bond donors (Lipinski definition) is 0. The number of aromatic nitrogens is 3. The van der Waals surface area contributed by atoms with E-state index in [1.807, 2.05) is 85.7 Å². The largest absolute Gasteiger partial charge is 0.495 e. The van der Waals surface area contributed by atoms with Crippen molar-refractivity contribution < 1.29 is 14.0 Å². The predicted octanol–water partition coefficient (Wildman–Crippen LogP) is 30.8. The van der Waals surface area contributed by atoms with Crippen molar-refractivity contribution in [2.75, 3.05) is 0 Å². The molecule has 0 bridgehead atoms. The first kappa shape index (κ1) is 75.2. The molecule has 2 aliphatic rings. The van der Waals surface area contributed by atoms with E-state index < -0.39 is 7.12 Å². The van der Waals surface area contributed by atoms with Crippen molar-refractivity contribution in [3.05, 3.63) is 384 Å². The second-order valence-corrected chi connectivity index (χ2v) is 34.6. The van der Waals surface area contributed by atoms with Crippen LogP contribution in [0.4, 0.5) is 0 Å². The highest BCUT2D eigenvalue weighted by Gasteiger charge is 2.52. The van der Waals surface area contributed by atoms with Gasteiger partial charge in [-0.2, -0.15) is 5.26 Å². The summed E-state index contributed by atoms with van der Waals surface area (Å²) in [4.78, 5) is 13.1. The molecular weight excluding hydrogens is 1680 g/mol. The van der Waals surface area contributed by atoms with E-state index in [1.54, 1.807) is 0 Å². The van der Waals surface area contributed by atoms with E-state index in [9.17, 15) is 5.26 Å². The normalized spacial score (nSPS) is 13.2. The van der Waals surface area contributed by atoms with Gasteiger partial charge in [0.05, 0.1) is 22.8 Å². The lowest BCUT2D eigenvalue weighted by Gasteiger charge is -2.32. The maximum absolute atomic E-state index is 9.67. The Morgan fingerprint density at radius 3 is 0.950 bits per heavy atom. The highest BCUT2D eigenvalue weighted by molar-refractivity contribution is 9.11. The molecule has 0 unspecified atom stereocenters. The predicted molar refractivity (Wildman–Crippen MR) is 518 cm³/mol. The zero-order valence-electron chi connectivity index (χ0n) is 66.4. The fraction of sp³-hybridized carbons (Fsp3) is 0.0545. The Morgan fingerprint density at radius 1 is 0.264 bits per heavy atom. The molecule has 121 heavy (non-hydrogen) atoms. The van der Waals surface area contributed by atoms with Crippen LogP contribution in [0.5, 0.6) is 11.5 Å². The summed E-state index contributed by atoms with van der Waals surface area (Å²) in [6.07, 6.45) is 11.3. The molecule has 19 aromatic carbocycles. The van der Waals surface area contributed by atoms with E-state index >= 15 is 0 Å². The number of nitrogens with zero attached hydrogens (tertiary/aromatic N) is 4. The second kappa shape index (κ2) is 30.5.